The number of carboxylic acid groups (broad SMARTS) is 1. The van der Waals surface area contributed by atoms with E-state index in [9.17, 15) is 4.79 Å². The Bertz CT molecular complexity index is 268. The van der Waals surface area contributed by atoms with Crippen molar-refractivity contribution in [2.75, 3.05) is 6.61 Å². The van der Waals surface area contributed by atoms with E-state index in [1.807, 2.05) is 0 Å². The van der Waals surface area contributed by atoms with Gasteiger partial charge in [-0.2, -0.15) is 0 Å². The molecule has 78 valence electrons. The second kappa shape index (κ2) is 6.85. The summed E-state index contributed by atoms with van der Waals surface area (Å²) in [4.78, 5) is 16.4. The van der Waals surface area contributed by atoms with Gasteiger partial charge in [0.1, 0.15) is 5.82 Å². The Labute approximate surface area is 82.1 Å². The van der Waals surface area contributed by atoms with Crippen LogP contribution in [0.3, 0.4) is 0 Å². The molecule has 0 saturated carbocycles. The smallest absolute Gasteiger partial charge is 0.330 e. The minimum atomic E-state index is -0.935. The number of imidazole rings is 1. The van der Waals surface area contributed by atoms with Crippen LogP contribution in [0.2, 0.25) is 0 Å². The van der Waals surface area contributed by atoms with E-state index in [0.717, 1.165) is 5.82 Å². The van der Waals surface area contributed by atoms with Crippen molar-refractivity contribution in [2.24, 2.45) is 0 Å². The zero-order valence-electron chi connectivity index (χ0n) is 8.03. The molecular formula is C9H14N2O3. The molecule has 0 saturated heterocycles. The van der Waals surface area contributed by atoms with Crippen LogP contribution in [0.25, 0.3) is 0 Å². The molecule has 0 bridgehead atoms. The normalized spacial score (nSPS) is 8.71. The minimum Gasteiger partial charge on any atom is -0.478 e. The number of aromatic nitrogens is 2. The van der Waals surface area contributed by atoms with Crippen molar-refractivity contribution in [2.45, 2.75) is 13.3 Å². The number of aliphatic hydroxyl groups is 1. The first kappa shape index (κ1) is 12.4. The number of hydrogen-bond donors (Lipinski definition) is 3. The quantitative estimate of drug-likeness (QED) is 0.620. The van der Waals surface area contributed by atoms with Crippen LogP contribution in [0.4, 0.5) is 0 Å². The highest BCUT2D eigenvalue weighted by atomic mass is 16.4. The lowest BCUT2D eigenvalue weighted by atomic mass is 10.4. The Hall–Kier alpha value is -1.62. The van der Waals surface area contributed by atoms with E-state index in [4.69, 9.17) is 10.2 Å². The highest BCUT2D eigenvalue weighted by Gasteiger charge is 1.90. The van der Waals surface area contributed by atoms with E-state index in [0.29, 0.717) is 6.42 Å². The molecule has 5 heteroatoms. The molecule has 14 heavy (non-hydrogen) atoms. The van der Waals surface area contributed by atoms with E-state index in [1.54, 1.807) is 12.4 Å². The number of H-pyrrole nitrogens is 1. The molecule has 1 aromatic rings. The Kier molecular flexibility index (Phi) is 6.06. The standard InChI is InChI=1S/C5H8N2O.C4H6O2/c8-4-1-5-6-2-3-7-5;1-3(2)4(5)6/h2-3,8H,1,4H2,(H,6,7);1H2,2H3,(H,5,6). The molecule has 0 fully saturated rings. The van der Waals surface area contributed by atoms with Crippen LogP contribution in [-0.4, -0.2) is 32.8 Å². The topological polar surface area (TPSA) is 86.2 Å². The summed E-state index contributed by atoms with van der Waals surface area (Å²) in [5.41, 5.74) is 0.176. The maximum Gasteiger partial charge on any atom is 0.330 e. The summed E-state index contributed by atoms with van der Waals surface area (Å²) in [6.45, 7) is 4.76. The lowest BCUT2D eigenvalue weighted by molar-refractivity contribution is -0.132. The molecule has 0 atom stereocenters. The molecule has 0 aromatic carbocycles. The summed E-state index contributed by atoms with van der Waals surface area (Å²) in [6, 6.07) is 0. The summed E-state index contributed by atoms with van der Waals surface area (Å²) in [7, 11) is 0. The van der Waals surface area contributed by atoms with E-state index in [2.05, 4.69) is 16.5 Å². The van der Waals surface area contributed by atoms with Gasteiger partial charge < -0.3 is 15.2 Å². The van der Waals surface area contributed by atoms with Crippen LogP contribution >= 0.6 is 0 Å². The van der Waals surface area contributed by atoms with Gasteiger partial charge in [0, 0.05) is 24.4 Å². The van der Waals surface area contributed by atoms with E-state index in [-0.39, 0.29) is 12.2 Å². The molecule has 0 spiro atoms. The zero-order valence-corrected chi connectivity index (χ0v) is 8.03. The third kappa shape index (κ3) is 5.96. The summed E-state index contributed by atoms with van der Waals surface area (Å²) < 4.78 is 0. The number of nitrogens with zero attached hydrogens (tertiary/aromatic N) is 1. The molecule has 1 heterocycles. The predicted octanol–water partition coefficient (Wildman–Crippen LogP) is 0.592. The predicted molar refractivity (Wildman–Crippen MR) is 51.8 cm³/mol. The molecule has 0 aliphatic rings. The number of aromatic amines is 1. The molecule has 3 N–H and O–H groups in total. The van der Waals surface area contributed by atoms with Crippen LogP contribution in [-0.2, 0) is 11.2 Å². The van der Waals surface area contributed by atoms with Crippen molar-refractivity contribution in [3.63, 3.8) is 0 Å². The van der Waals surface area contributed by atoms with Gasteiger partial charge in [-0.1, -0.05) is 6.58 Å². The maximum atomic E-state index is 9.60. The lowest BCUT2D eigenvalue weighted by Crippen LogP contribution is -1.92. The number of aliphatic hydroxyl groups excluding tert-OH is 1. The van der Waals surface area contributed by atoms with Crippen molar-refractivity contribution in [1.29, 1.82) is 0 Å². The van der Waals surface area contributed by atoms with E-state index in [1.165, 1.54) is 6.92 Å². The largest absolute Gasteiger partial charge is 0.478 e. The highest BCUT2D eigenvalue weighted by Crippen LogP contribution is 1.86. The van der Waals surface area contributed by atoms with Crippen LogP contribution in [0.15, 0.2) is 24.5 Å². The first-order valence-electron chi connectivity index (χ1n) is 4.05. The van der Waals surface area contributed by atoms with Crippen molar-refractivity contribution in [3.8, 4) is 0 Å². The first-order valence-corrected chi connectivity index (χ1v) is 4.05. The van der Waals surface area contributed by atoms with Gasteiger partial charge >= 0.3 is 5.97 Å². The number of rotatable bonds is 3. The van der Waals surface area contributed by atoms with Crippen LogP contribution in [0.5, 0.6) is 0 Å². The number of nitrogens with one attached hydrogen (secondary N) is 1. The van der Waals surface area contributed by atoms with E-state index >= 15 is 0 Å². The van der Waals surface area contributed by atoms with Gasteiger partial charge in [0.25, 0.3) is 0 Å². The molecular weight excluding hydrogens is 184 g/mol. The number of carboxylic acids is 1. The van der Waals surface area contributed by atoms with Gasteiger partial charge in [-0.05, 0) is 6.92 Å². The molecule has 0 amide bonds. The average Bonchev–Trinajstić information content (AvgIpc) is 2.58. The van der Waals surface area contributed by atoms with Crippen LogP contribution in [0.1, 0.15) is 12.7 Å². The number of aliphatic carboxylic acids is 1. The summed E-state index contributed by atoms with van der Waals surface area (Å²) in [5, 5.41) is 16.3. The van der Waals surface area contributed by atoms with Gasteiger partial charge in [-0.15, -0.1) is 0 Å². The molecule has 0 unspecified atom stereocenters. The fourth-order valence-corrected chi connectivity index (χ4v) is 0.541. The van der Waals surface area contributed by atoms with Crippen molar-refractivity contribution < 1.29 is 15.0 Å². The molecule has 1 rings (SSSR count). The Morgan fingerprint density at radius 1 is 1.71 bits per heavy atom. The molecule has 0 aliphatic carbocycles. The van der Waals surface area contributed by atoms with Gasteiger partial charge in [0.05, 0.1) is 6.61 Å². The number of hydrogen-bond acceptors (Lipinski definition) is 3. The SMILES string of the molecule is C=C(C)C(=O)O.OCCc1ncc[nH]1. The average molecular weight is 198 g/mol. The third-order valence-electron chi connectivity index (χ3n) is 1.27. The summed E-state index contributed by atoms with van der Waals surface area (Å²) in [5.74, 6) is -0.0949. The summed E-state index contributed by atoms with van der Waals surface area (Å²) in [6.07, 6.45) is 4.03. The van der Waals surface area contributed by atoms with Crippen LogP contribution in [0, 0.1) is 0 Å². The highest BCUT2D eigenvalue weighted by molar-refractivity contribution is 5.84. The summed E-state index contributed by atoms with van der Waals surface area (Å²) >= 11 is 0. The lowest BCUT2D eigenvalue weighted by Gasteiger charge is -1.85. The zero-order chi connectivity index (χ0) is 11.0. The monoisotopic (exact) mass is 198 g/mol. The fourth-order valence-electron chi connectivity index (χ4n) is 0.541. The third-order valence-corrected chi connectivity index (χ3v) is 1.27. The second-order valence-corrected chi connectivity index (χ2v) is 2.59. The Morgan fingerprint density at radius 2 is 2.29 bits per heavy atom. The first-order chi connectivity index (χ1) is 6.57. The Balaban J connectivity index is 0.000000255. The fraction of sp³-hybridized carbons (Fsp3) is 0.333. The minimum absolute atomic E-state index is 0.160. The molecule has 5 nitrogen and oxygen atoms in total. The van der Waals surface area contributed by atoms with Crippen molar-refractivity contribution in [1.82, 2.24) is 9.97 Å². The van der Waals surface area contributed by atoms with Gasteiger partial charge in [-0.3, -0.25) is 0 Å². The second-order valence-electron chi connectivity index (χ2n) is 2.59. The van der Waals surface area contributed by atoms with Crippen molar-refractivity contribution >= 4 is 5.97 Å². The molecule has 1 aromatic heterocycles. The van der Waals surface area contributed by atoms with Gasteiger partial charge in [0.15, 0.2) is 0 Å². The van der Waals surface area contributed by atoms with Crippen molar-refractivity contribution in [3.05, 3.63) is 30.4 Å². The van der Waals surface area contributed by atoms with Crippen LogP contribution < -0.4 is 0 Å². The molecule has 0 radical (unpaired) electrons. The van der Waals surface area contributed by atoms with Gasteiger partial charge in [0.2, 0.25) is 0 Å². The van der Waals surface area contributed by atoms with E-state index < -0.39 is 5.97 Å². The Morgan fingerprint density at radius 3 is 2.57 bits per heavy atom. The maximum absolute atomic E-state index is 9.60. The number of carbonyl (C=O) groups is 1. The molecule has 0 aliphatic heterocycles. The van der Waals surface area contributed by atoms with Gasteiger partial charge in [-0.25, -0.2) is 9.78 Å².